The van der Waals surface area contributed by atoms with Gasteiger partial charge in [-0.3, -0.25) is 0 Å². The summed E-state index contributed by atoms with van der Waals surface area (Å²) in [6.07, 6.45) is 0. The first-order chi connectivity index (χ1) is 6.27. The van der Waals surface area contributed by atoms with E-state index in [1.165, 1.54) is 4.88 Å². The summed E-state index contributed by atoms with van der Waals surface area (Å²) < 4.78 is 0. The lowest BCUT2D eigenvalue weighted by molar-refractivity contribution is 0.216. The van der Waals surface area contributed by atoms with E-state index in [9.17, 15) is 4.79 Å². The SMILES string of the molecule is Cc1ncsc1CN1CCNC1=O. The summed E-state index contributed by atoms with van der Waals surface area (Å²) in [7, 11) is 0. The molecule has 5 heteroatoms. The third-order valence-corrected chi connectivity index (χ3v) is 3.04. The quantitative estimate of drug-likeness (QED) is 0.768. The molecular weight excluding hydrogens is 186 g/mol. The molecule has 0 atom stereocenters. The van der Waals surface area contributed by atoms with Crippen LogP contribution in [-0.4, -0.2) is 29.0 Å². The molecule has 0 radical (unpaired) electrons. The number of hydrogen-bond donors (Lipinski definition) is 1. The second-order valence-corrected chi connectivity index (χ2v) is 3.95. The predicted molar refractivity (Wildman–Crippen MR) is 50.7 cm³/mol. The number of amides is 2. The Labute approximate surface area is 80.6 Å². The van der Waals surface area contributed by atoms with Gasteiger partial charge in [0.15, 0.2) is 0 Å². The maximum absolute atomic E-state index is 11.2. The number of nitrogens with one attached hydrogen (secondary N) is 1. The number of carbonyl (C=O) groups is 1. The zero-order chi connectivity index (χ0) is 9.26. The standard InChI is InChI=1S/C8H11N3OS/c1-6-7(13-5-10-6)4-11-3-2-9-8(11)12/h5H,2-4H2,1H3,(H,9,12). The van der Waals surface area contributed by atoms with Gasteiger partial charge in [-0.2, -0.15) is 0 Å². The fraction of sp³-hybridized carbons (Fsp3) is 0.500. The molecule has 4 nitrogen and oxygen atoms in total. The molecule has 0 aromatic carbocycles. The Morgan fingerprint density at radius 3 is 3.15 bits per heavy atom. The Kier molecular flexibility index (Phi) is 2.18. The van der Waals surface area contributed by atoms with E-state index in [0.717, 1.165) is 18.8 Å². The van der Waals surface area contributed by atoms with Crippen LogP contribution >= 0.6 is 11.3 Å². The summed E-state index contributed by atoms with van der Waals surface area (Å²) in [4.78, 5) is 18.3. The topological polar surface area (TPSA) is 45.2 Å². The maximum Gasteiger partial charge on any atom is 0.317 e. The third kappa shape index (κ3) is 1.65. The van der Waals surface area contributed by atoms with Gasteiger partial charge in [0.05, 0.1) is 17.7 Å². The number of hydrogen-bond acceptors (Lipinski definition) is 3. The fourth-order valence-electron chi connectivity index (χ4n) is 1.31. The van der Waals surface area contributed by atoms with Gasteiger partial charge in [-0.15, -0.1) is 11.3 Å². The average Bonchev–Trinajstić information content (AvgIpc) is 2.65. The fourth-order valence-corrected chi connectivity index (χ4v) is 2.11. The lowest BCUT2D eigenvalue weighted by Gasteiger charge is -2.12. The van der Waals surface area contributed by atoms with Gasteiger partial charge in [0.2, 0.25) is 0 Å². The summed E-state index contributed by atoms with van der Waals surface area (Å²) in [5.74, 6) is 0. The summed E-state index contributed by atoms with van der Waals surface area (Å²) >= 11 is 1.61. The molecule has 0 bridgehead atoms. The van der Waals surface area contributed by atoms with Crippen molar-refractivity contribution in [2.24, 2.45) is 0 Å². The van der Waals surface area contributed by atoms with Crippen molar-refractivity contribution in [2.45, 2.75) is 13.5 Å². The summed E-state index contributed by atoms with van der Waals surface area (Å²) in [5.41, 5.74) is 2.85. The van der Waals surface area contributed by atoms with Crippen molar-refractivity contribution in [3.63, 3.8) is 0 Å². The minimum atomic E-state index is 0.0350. The van der Waals surface area contributed by atoms with E-state index in [2.05, 4.69) is 10.3 Å². The third-order valence-electron chi connectivity index (χ3n) is 2.12. The second-order valence-electron chi connectivity index (χ2n) is 3.01. The molecular formula is C8H11N3OS. The van der Waals surface area contributed by atoms with E-state index in [0.29, 0.717) is 6.54 Å². The molecule has 1 saturated heterocycles. The summed E-state index contributed by atoms with van der Waals surface area (Å²) in [6, 6.07) is 0.0350. The molecule has 1 N–H and O–H groups in total. The highest BCUT2D eigenvalue weighted by Crippen LogP contribution is 2.15. The number of rotatable bonds is 2. The number of urea groups is 1. The molecule has 1 aliphatic heterocycles. The summed E-state index contributed by atoms with van der Waals surface area (Å²) in [6.45, 7) is 4.23. The minimum Gasteiger partial charge on any atom is -0.336 e. The Morgan fingerprint density at radius 1 is 1.77 bits per heavy atom. The van der Waals surface area contributed by atoms with Gasteiger partial charge in [-0.05, 0) is 6.92 Å². The van der Waals surface area contributed by atoms with Crippen LogP contribution in [0.4, 0.5) is 4.79 Å². The molecule has 2 amide bonds. The number of nitrogens with zero attached hydrogens (tertiary/aromatic N) is 2. The molecule has 0 spiro atoms. The van der Waals surface area contributed by atoms with Gasteiger partial charge in [-0.1, -0.05) is 0 Å². The van der Waals surface area contributed by atoms with Crippen LogP contribution in [0.2, 0.25) is 0 Å². The van der Waals surface area contributed by atoms with Crippen molar-refractivity contribution in [3.8, 4) is 0 Å². The van der Waals surface area contributed by atoms with Crippen LogP contribution in [0.5, 0.6) is 0 Å². The zero-order valence-corrected chi connectivity index (χ0v) is 8.23. The van der Waals surface area contributed by atoms with Crippen LogP contribution in [0, 0.1) is 6.92 Å². The van der Waals surface area contributed by atoms with Crippen molar-refractivity contribution < 1.29 is 4.79 Å². The number of aromatic nitrogens is 1. The Bertz CT molecular complexity index is 323. The van der Waals surface area contributed by atoms with E-state index in [1.807, 2.05) is 12.4 Å². The second kappa shape index (κ2) is 3.33. The van der Waals surface area contributed by atoms with E-state index < -0.39 is 0 Å². The van der Waals surface area contributed by atoms with Crippen LogP contribution in [0.25, 0.3) is 0 Å². The van der Waals surface area contributed by atoms with Crippen LogP contribution in [0.3, 0.4) is 0 Å². The van der Waals surface area contributed by atoms with E-state index in [-0.39, 0.29) is 6.03 Å². The number of carbonyl (C=O) groups excluding carboxylic acids is 1. The van der Waals surface area contributed by atoms with E-state index in [1.54, 1.807) is 16.2 Å². The predicted octanol–water partition coefficient (Wildman–Crippen LogP) is 0.977. The van der Waals surface area contributed by atoms with Gasteiger partial charge >= 0.3 is 6.03 Å². The lowest BCUT2D eigenvalue weighted by Crippen LogP contribution is -2.27. The zero-order valence-electron chi connectivity index (χ0n) is 7.41. The molecule has 1 aliphatic rings. The van der Waals surface area contributed by atoms with Crippen molar-refractivity contribution >= 4 is 17.4 Å². The molecule has 13 heavy (non-hydrogen) atoms. The van der Waals surface area contributed by atoms with Crippen molar-refractivity contribution in [1.29, 1.82) is 0 Å². The molecule has 1 fully saturated rings. The highest BCUT2D eigenvalue weighted by atomic mass is 32.1. The number of aryl methyl sites for hydroxylation is 1. The smallest absolute Gasteiger partial charge is 0.317 e. The monoisotopic (exact) mass is 197 g/mol. The van der Waals surface area contributed by atoms with E-state index >= 15 is 0 Å². The van der Waals surface area contributed by atoms with Crippen molar-refractivity contribution in [1.82, 2.24) is 15.2 Å². The molecule has 2 rings (SSSR count). The average molecular weight is 197 g/mol. The largest absolute Gasteiger partial charge is 0.336 e. The number of thiazole rings is 1. The molecule has 1 aromatic heterocycles. The molecule has 0 saturated carbocycles. The lowest BCUT2D eigenvalue weighted by atomic mass is 10.4. The Morgan fingerprint density at radius 2 is 2.62 bits per heavy atom. The van der Waals surface area contributed by atoms with E-state index in [4.69, 9.17) is 0 Å². The van der Waals surface area contributed by atoms with Gasteiger partial charge < -0.3 is 10.2 Å². The molecule has 70 valence electrons. The first kappa shape index (κ1) is 8.50. The first-order valence-electron chi connectivity index (χ1n) is 4.19. The first-order valence-corrected chi connectivity index (χ1v) is 5.07. The van der Waals surface area contributed by atoms with Gasteiger partial charge in [0.1, 0.15) is 0 Å². The van der Waals surface area contributed by atoms with Crippen LogP contribution in [0.1, 0.15) is 10.6 Å². The Balaban J connectivity index is 2.06. The maximum atomic E-state index is 11.2. The molecule has 1 aromatic rings. The van der Waals surface area contributed by atoms with Gasteiger partial charge in [0.25, 0.3) is 0 Å². The Hall–Kier alpha value is -1.10. The molecule has 0 unspecified atom stereocenters. The van der Waals surface area contributed by atoms with Crippen LogP contribution in [0.15, 0.2) is 5.51 Å². The minimum absolute atomic E-state index is 0.0350. The van der Waals surface area contributed by atoms with Gasteiger partial charge in [-0.25, -0.2) is 9.78 Å². The summed E-state index contributed by atoms with van der Waals surface area (Å²) in [5, 5.41) is 2.77. The van der Waals surface area contributed by atoms with Gasteiger partial charge in [0, 0.05) is 18.0 Å². The molecule has 2 heterocycles. The molecule has 0 aliphatic carbocycles. The van der Waals surface area contributed by atoms with Crippen LogP contribution in [-0.2, 0) is 6.54 Å². The van der Waals surface area contributed by atoms with Crippen LogP contribution < -0.4 is 5.32 Å². The highest BCUT2D eigenvalue weighted by Gasteiger charge is 2.20. The highest BCUT2D eigenvalue weighted by molar-refractivity contribution is 7.09. The van der Waals surface area contributed by atoms with Crippen molar-refractivity contribution in [2.75, 3.05) is 13.1 Å². The van der Waals surface area contributed by atoms with Crippen molar-refractivity contribution in [3.05, 3.63) is 16.1 Å². The normalized spacial score (nSPS) is 16.4.